The van der Waals surface area contributed by atoms with Crippen molar-refractivity contribution in [2.45, 2.75) is 33.4 Å². The van der Waals surface area contributed by atoms with E-state index in [1.165, 1.54) is 10.2 Å². The first kappa shape index (κ1) is 14.2. The van der Waals surface area contributed by atoms with Crippen molar-refractivity contribution in [3.05, 3.63) is 41.2 Å². The zero-order chi connectivity index (χ0) is 14.7. The molecule has 0 aliphatic heterocycles. The molecule has 2 aromatic rings. The number of benzene rings is 1. The smallest absolute Gasteiger partial charge is 0.246 e. The predicted octanol–water partition coefficient (Wildman–Crippen LogP) is 1.55. The number of hydrogen-bond acceptors (Lipinski definition) is 4. The summed E-state index contributed by atoms with van der Waals surface area (Å²) in [5.74, 6) is -0.144. The van der Waals surface area contributed by atoms with Crippen molar-refractivity contribution in [2.75, 3.05) is 5.32 Å². The van der Waals surface area contributed by atoms with Gasteiger partial charge in [0.2, 0.25) is 5.91 Å². The third kappa shape index (κ3) is 3.42. The van der Waals surface area contributed by atoms with Gasteiger partial charge in [-0.3, -0.25) is 4.79 Å². The second-order valence-corrected chi connectivity index (χ2v) is 4.98. The van der Waals surface area contributed by atoms with Crippen LogP contribution in [0.25, 0.3) is 0 Å². The van der Waals surface area contributed by atoms with Crippen LogP contribution >= 0.6 is 0 Å². The molecule has 6 heteroatoms. The molecule has 3 N–H and O–H groups in total. The number of carbonyl (C=O) groups excluding carboxylic acids is 1. The number of nitrogens with one attached hydrogen (secondary N) is 1. The number of anilines is 1. The van der Waals surface area contributed by atoms with E-state index in [9.17, 15) is 4.79 Å². The third-order valence-electron chi connectivity index (χ3n) is 3.12. The van der Waals surface area contributed by atoms with E-state index in [4.69, 9.17) is 5.73 Å². The second-order valence-electron chi connectivity index (χ2n) is 4.98. The Morgan fingerprint density at radius 3 is 2.75 bits per heavy atom. The lowest BCUT2D eigenvalue weighted by Gasteiger charge is -2.07. The van der Waals surface area contributed by atoms with Crippen molar-refractivity contribution >= 4 is 11.6 Å². The lowest BCUT2D eigenvalue weighted by Crippen LogP contribution is -2.19. The molecule has 1 aromatic carbocycles. The number of rotatable bonds is 4. The Kier molecular flexibility index (Phi) is 4.14. The molecule has 0 saturated carbocycles. The number of carbonyl (C=O) groups is 1. The minimum atomic E-state index is -0.188. The van der Waals surface area contributed by atoms with Gasteiger partial charge in [-0.2, -0.15) is 0 Å². The van der Waals surface area contributed by atoms with Gasteiger partial charge in [-0.15, -0.1) is 5.10 Å². The van der Waals surface area contributed by atoms with Gasteiger partial charge in [0.1, 0.15) is 6.54 Å². The summed E-state index contributed by atoms with van der Waals surface area (Å²) < 4.78 is 1.48. The highest BCUT2D eigenvalue weighted by Crippen LogP contribution is 2.14. The van der Waals surface area contributed by atoms with Crippen LogP contribution < -0.4 is 11.1 Å². The van der Waals surface area contributed by atoms with E-state index in [0.717, 1.165) is 11.3 Å². The Balaban J connectivity index is 1.99. The highest BCUT2D eigenvalue weighted by Gasteiger charge is 2.09. The summed E-state index contributed by atoms with van der Waals surface area (Å²) in [6.45, 7) is 5.99. The molecule has 1 atom stereocenters. The molecule has 1 amide bonds. The third-order valence-corrected chi connectivity index (χ3v) is 3.12. The second kappa shape index (κ2) is 5.83. The van der Waals surface area contributed by atoms with Gasteiger partial charge in [-0.1, -0.05) is 11.3 Å². The van der Waals surface area contributed by atoms with Gasteiger partial charge >= 0.3 is 0 Å². The van der Waals surface area contributed by atoms with Gasteiger partial charge < -0.3 is 11.1 Å². The van der Waals surface area contributed by atoms with Crippen molar-refractivity contribution in [2.24, 2.45) is 5.73 Å². The number of hydrogen-bond donors (Lipinski definition) is 2. The Morgan fingerprint density at radius 1 is 1.40 bits per heavy atom. The van der Waals surface area contributed by atoms with Crippen LogP contribution in [0.5, 0.6) is 0 Å². The van der Waals surface area contributed by atoms with Crippen LogP contribution in [0.3, 0.4) is 0 Å². The molecule has 1 unspecified atom stereocenters. The minimum absolute atomic E-state index is 0.118. The maximum Gasteiger partial charge on any atom is 0.246 e. The molecule has 0 bridgehead atoms. The Bertz CT molecular complexity index is 618. The lowest BCUT2D eigenvalue weighted by molar-refractivity contribution is -0.116. The number of nitrogens with two attached hydrogens (primary N) is 1. The molecule has 0 spiro atoms. The van der Waals surface area contributed by atoms with Gasteiger partial charge in [0.05, 0.1) is 11.9 Å². The molecule has 6 nitrogen and oxygen atoms in total. The molecule has 0 aliphatic carbocycles. The monoisotopic (exact) mass is 273 g/mol. The average Bonchev–Trinajstić information content (AvgIpc) is 2.82. The molecular formula is C14H19N5O. The summed E-state index contributed by atoms with van der Waals surface area (Å²) >= 11 is 0. The maximum atomic E-state index is 11.9. The zero-order valence-electron chi connectivity index (χ0n) is 11.9. The summed E-state index contributed by atoms with van der Waals surface area (Å²) in [5, 5.41) is 10.6. The van der Waals surface area contributed by atoms with E-state index in [0.29, 0.717) is 5.69 Å². The standard InChI is InChI=1S/C14H19N5O/c1-9-4-5-12(6-10(9)2)16-14(20)8-19-7-13(11(3)15)17-18-19/h4-7,11H,8,15H2,1-3H3,(H,16,20). The van der Waals surface area contributed by atoms with Gasteiger partial charge in [0, 0.05) is 11.7 Å². The minimum Gasteiger partial charge on any atom is -0.324 e. The fraction of sp³-hybridized carbons (Fsp3) is 0.357. The first-order valence-corrected chi connectivity index (χ1v) is 6.48. The molecule has 1 heterocycles. The number of aryl methyl sites for hydroxylation is 2. The molecule has 0 saturated heterocycles. The van der Waals surface area contributed by atoms with Crippen molar-refractivity contribution < 1.29 is 4.79 Å². The largest absolute Gasteiger partial charge is 0.324 e. The highest BCUT2D eigenvalue weighted by molar-refractivity contribution is 5.90. The lowest BCUT2D eigenvalue weighted by atomic mass is 10.1. The number of nitrogens with zero attached hydrogens (tertiary/aromatic N) is 3. The Hall–Kier alpha value is -2.21. The van der Waals surface area contributed by atoms with Gasteiger partial charge in [0.25, 0.3) is 0 Å². The zero-order valence-corrected chi connectivity index (χ0v) is 11.9. The van der Waals surface area contributed by atoms with Crippen molar-refractivity contribution in [1.82, 2.24) is 15.0 Å². The van der Waals surface area contributed by atoms with Gasteiger partial charge in [0.15, 0.2) is 0 Å². The van der Waals surface area contributed by atoms with E-state index in [2.05, 4.69) is 15.6 Å². The van der Waals surface area contributed by atoms with E-state index >= 15 is 0 Å². The predicted molar refractivity (Wildman–Crippen MR) is 77.2 cm³/mol. The number of aromatic nitrogens is 3. The van der Waals surface area contributed by atoms with E-state index in [1.807, 2.05) is 39.0 Å². The highest BCUT2D eigenvalue weighted by atomic mass is 16.2. The quantitative estimate of drug-likeness (QED) is 0.885. The normalized spacial score (nSPS) is 12.2. The van der Waals surface area contributed by atoms with Gasteiger partial charge in [-0.25, -0.2) is 4.68 Å². The molecule has 2 rings (SSSR count). The molecular weight excluding hydrogens is 254 g/mol. The van der Waals surface area contributed by atoms with E-state index in [-0.39, 0.29) is 18.5 Å². The summed E-state index contributed by atoms with van der Waals surface area (Å²) in [7, 11) is 0. The summed E-state index contributed by atoms with van der Waals surface area (Å²) in [5.41, 5.74) is 9.49. The van der Waals surface area contributed by atoms with Crippen LogP contribution in [0.15, 0.2) is 24.4 Å². The van der Waals surface area contributed by atoms with Crippen LogP contribution in [-0.2, 0) is 11.3 Å². The fourth-order valence-electron chi connectivity index (χ4n) is 1.77. The first-order chi connectivity index (χ1) is 9.45. The number of amides is 1. The summed E-state index contributed by atoms with van der Waals surface area (Å²) in [6, 6.07) is 5.62. The van der Waals surface area contributed by atoms with E-state index in [1.54, 1.807) is 6.20 Å². The molecule has 0 radical (unpaired) electrons. The van der Waals surface area contributed by atoms with Crippen molar-refractivity contribution in [1.29, 1.82) is 0 Å². The van der Waals surface area contributed by atoms with Crippen molar-refractivity contribution in [3.8, 4) is 0 Å². The average molecular weight is 273 g/mol. The van der Waals surface area contributed by atoms with Crippen LogP contribution in [0.1, 0.15) is 29.8 Å². The van der Waals surface area contributed by atoms with Gasteiger partial charge in [-0.05, 0) is 44.0 Å². The molecule has 1 aromatic heterocycles. The van der Waals surface area contributed by atoms with Crippen LogP contribution in [-0.4, -0.2) is 20.9 Å². The molecule has 0 fully saturated rings. The first-order valence-electron chi connectivity index (χ1n) is 6.48. The fourth-order valence-corrected chi connectivity index (χ4v) is 1.77. The molecule has 20 heavy (non-hydrogen) atoms. The van der Waals surface area contributed by atoms with Crippen LogP contribution in [0.4, 0.5) is 5.69 Å². The topological polar surface area (TPSA) is 85.8 Å². The molecule has 0 aliphatic rings. The summed E-state index contributed by atoms with van der Waals surface area (Å²) in [6.07, 6.45) is 1.69. The van der Waals surface area contributed by atoms with E-state index < -0.39 is 0 Å². The maximum absolute atomic E-state index is 11.9. The Labute approximate surface area is 118 Å². The Morgan fingerprint density at radius 2 is 2.15 bits per heavy atom. The molecule has 106 valence electrons. The van der Waals surface area contributed by atoms with Crippen LogP contribution in [0.2, 0.25) is 0 Å². The SMILES string of the molecule is Cc1ccc(NC(=O)Cn2cc(C(C)N)nn2)cc1C. The van der Waals surface area contributed by atoms with Crippen molar-refractivity contribution in [3.63, 3.8) is 0 Å². The van der Waals surface area contributed by atoms with Crippen LogP contribution in [0, 0.1) is 13.8 Å². The summed E-state index contributed by atoms with van der Waals surface area (Å²) in [4.78, 5) is 11.9.